The maximum atomic E-state index is 13.1. The number of carbonyl (C=O) groups is 1. The van der Waals surface area contributed by atoms with Crippen LogP contribution < -0.4 is 10.5 Å². The fourth-order valence-electron chi connectivity index (χ4n) is 1.72. The SMILES string of the molecule is COc1cccc(COC(=O)c2cc(N)cc(F)c2)c1. The van der Waals surface area contributed by atoms with Crippen molar-refractivity contribution >= 4 is 11.7 Å². The van der Waals surface area contributed by atoms with Crippen LogP contribution in [0.5, 0.6) is 5.75 Å². The molecule has 0 aliphatic rings. The molecule has 0 radical (unpaired) electrons. The first-order valence-electron chi connectivity index (χ1n) is 5.94. The van der Waals surface area contributed by atoms with Gasteiger partial charge in [0.25, 0.3) is 0 Å². The summed E-state index contributed by atoms with van der Waals surface area (Å²) < 4.78 is 23.3. The molecule has 2 N–H and O–H groups in total. The second-order valence-corrected chi connectivity index (χ2v) is 4.20. The molecule has 0 aromatic heterocycles. The number of hydrogen-bond acceptors (Lipinski definition) is 4. The van der Waals surface area contributed by atoms with Gasteiger partial charge in [0, 0.05) is 5.69 Å². The number of halogens is 1. The van der Waals surface area contributed by atoms with Crippen molar-refractivity contribution < 1.29 is 18.7 Å². The standard InChI is InChI=1S/C15H14FNO3/c1-19-14-4-2-3-10(5-14)9-20-15(18)11-6-12(16)8-13(17)7-11/h2-8H,9,17H2,1H3. The van der Waals surface area contributed by atoms with E-state index < -0.39 is 11.8 Å². The topological polar surface area (TPSA) is 61.5 Å². The molecule has 2 aromatic rings. The molecule has 0 bridgehead atoms. The zero-order chi connectivity index (χ0) is 14.5. The molecule has 20 heavy (non-hydrogen) atoms. The van der Waals surface area contributed by atoms with Crippen molar-refractivity contribution in [2.24, 2.45) is 0 Å². The highest BCUT2D eigenvalue weighted by Gasteiger charge is 2.10. The molecule has 0 aliphatic carbocycles. The summed E-state index contributed by atoms with van der Waals surface area (Å²) >= 11 is 0. The van der Waals surface area contributed by atoms with Crippen molar-refractivity contribution in [2.75, 3.05) is 12.8 Å². The van der Waals surface area contributed by atoms with Crippen LogP contribution in [-0.2, 0) is 11.3 Å². The van der Waals surface area contributed by atoms with Gasteiger partial charge in [0.2, 0.25) is 0 Å². The van der Waals surface area contributed by atoms with Crippen molar-refractivity contribution in [1.29, 1.82) is 0 Å². The number of hydrogen-bond donors (Lipinski definition) is 1. The molecule has 0 unspecified atom stereocenters. The molecule has 0 amide bonds. The minimum Gasteiger partial charge on any atom is -0.497 e. The lowest BCUT2D eigenvalue weighted by Crippen LogP contribution is -2.06. The van der Waals surface area contributed by atoms with E-state index in [2.05, 4.69) is 0 Å². The predicted molar refractivity (Wildman–Crippen MR) is 72.9 cm³/mol. The number of benzene rings is 2. The van der Waals surface area contributed by atoms with Crippen LogP contribution in [0.4, 0.5) is 10.1 Å². The molecule has 2 aromatic carbocycles. The lowest BCUT2D eigenvalue weighted by molar-refractivity contribution is 0.0472. The van der Waals surface area contributed by atoms with E-state index in [1.165, 1.54) is 6.07 Å². The molecule has 0 saturated heterocycles. The summed E-state index contributed by atoms with van der Waals surface area (Å²) in [5.74, 6) is -0.522. The summed E-state index contributed by atoms with van der Waals surface area (Å²) in [5, 5.41) is 0. The highest BCUT2D eigenvalue weighted by atomic mass is 19.1. The number of nitrogen functional groups attached to an aromatic ring is 1. The molecule has 5 heteroatoms. The van der Waals surface area contributed by atoms with Gasteiger partial charge < -0.3 is 15.2 Å². The van der Waals surface area contributed by atoms with E-state index >= 15 is 0 Å². The molecule has 2 rings (SSSR count). The Morgan fingerprint density at radius 2 is 2.05 bits per heavy atom. The van der Waals surface area contributed by atoms with Crippen LogP contribution in [0.25, 0.3) is 0 Å². The van der Waals surface area contributed by atoms with Gasteiger partial charge in [0.05, 0.1) is 12.7 Å². The van der Waals surface area contributed by atoms with Crippen LogP contribution in [0, 0.1) is 5.82 Å². The number of ether oxygens (including phenoxy) is 2. The second-order valence-electron chi connectivity index (χ2n) is 4.20. The first-order chi connectivity index (χ1) is 9.58. The summed E-state index contributed by atoms with van der Waals surface area (Å²) in [6, 6.07) is 10.7. The van der Waals surface area contributed by atoms with E-state index in [0.29, 0.717) is 5.75 Å². The van der Waals surface area contributed by atoms with Gasteiger partial charge in [-0.2, -0.15) is 0 Å². The number of esters is 1. The predicted octanol–water partition coefficient (Wildman–Crippen LogP) is 2.77. The number of rotatable bonds is 4. The lowest BCUT2D eigenvalue weighted by atomic mass is 10.2. The smallest absolute Gasteiger partial charge is 0.338 e. The van der Waals surface area contributed by atoms with Crippen LogP contribution in [0.2, 0.25) is 0 Å². The number of carbonyl (C=O) groups excluding carboxylic acids is 1. The average Bonchev–Trinajstić information content (AvgIpc) is 2.44. The average molecular weight is 275 g/mol. The summed E-state index contributed by atoms with van der Waals surface area (Å²) in [7, 11) is 1.56. The summed E-state index contributed by atoms with van der Waals surface area (Å²) in [4.78, 5) is 11.8. The Morgan fingerprint density at radius 1 is 1.25 bits per heavy atom. The second kappa shape index (κ2) is 6.06. The van der Waals surface area contributed by atoms with Gasteiger partial charge >= 0.3 is 5.97 Å². The number of methoxy groups -OCH3 is 1. The molecular weight excluding hydrogens is 261 g/mol. The Hall–Kier alpha value is -2.56. The van der Waals surface area contributed by atoms with E-state index in [-0.39, 0.29) is 17.9 Å². The zero-order valence-corrected chi connectivity index (χ0v) is 10.9. The molecule has 0 atom stereocenters. The van der Waals surface area contributed by atoms with Crippen molar-refractivity contribution in [3.05, 3.63) is 59.4 Å². The third-order valence-electron chi connectivity index (χ3n) is 2.66. The van der Waals surface area contributed by atoms with Crippen LogP contribution in [0.1, 0.15) is 15.9 Å². The highest BCUT2D eigenvalue weighted by molar-refractivity contribution is 5.90. The molecule has 0 aliphatic heterocycles. The third-order valence-corrected chi connectivity index (χ3v) is 2.66. The minimum absolute atomic E-state index is 0.0758. The molecule has 0 spiro atoms. The van der Waals surface area contributed by atoms with Crippen molar-refractivity contribution in [1.82, 2.24) is 0 Å². The quantitative estimate of drug-likeness (QED) is 0.688. The lowest BCUT2D eigenvalue weighted by Gasteiger charge is -2.07. The van der Waals surface area contributed by atoms with E-state index in [9.17, 15) is 9.18 Å². The molecule has 0 fully saturated rings. The van der Waals surface area contributed by atoms with Gasteiger partial charge in [-0.25, -0.2) is 9.18 Å². The zero-order valence-electron chi connectivity index (χ0n) is 10.9. The molecule has 0 saturated carbocycles. The number of anilines is 1. The van der Waals surface area contributed by atoms with Crippen molar-refractivity contribution in [3.8, 4) is 5.75 Å². The van der Waals surface area contributed by atoms with Crippen LogP contribution in [0.15, 0.2) is 42.5 Å². The highest BCUT2D eigenvalue weighted by Crippen LogP contribution is 2.15. The van der Waals surface area contributed by atoms with E-state index in [1.54, 1.807) is 31.4 Å². The fraction of sp³-hybridized carbons (Fsp3) is 0.133. The summed E-state index contributed by atoms with van der Waals surface area (Å²) in [6.07, 6.45) is 0. The summed E-state index contributed by atoms with van der Waals surface area (Å²) in [6.45, 7) is 0.0758. The van der Waals surface area contributed by atoms with Crippen LogP contribution in [0.3, 0.4) is 0 Å². The normalized spacial score (nSPS) is 10.1. The first-order valence-corrected chi connectivity index (χ1v) is 5.94. The van der Waals surface area contributed by atoms with E-state index in [0.717, 1.165) is 17.7 Å². The maximum Gasteiger partial charge on any atom is 0.338 e. The van der Waals surface area contributed by atoms with Gasteiger partial charge in [-0.1, -0.05) is 12.1 Å². The largest absolute Gasteiger partial charge is 0.497 e. The fourth-order valence-corrected chi connectivity index (χ4v) is 1.72. The van der Waals surface area contributed by atoms with Gasteiger partial charge in [0.1, 0.15) is 18.2 Å². The Bertz CT molecular complexity index is 608. The molecule has 0 heterocycles. The van der Waals surface area contributed by atoms with Gasteiger partial charge in [-0.05, 0) is 35.9 Å². The Balaban J connectivity index is 2.04. The van der Waals surface area contributed by atoms with E-state index in [1.807, 2.05) is 0 Å². The monoisotopic (exact) mass is 275 g/mol. The molecule has 104 valence electrons. The van der Waals surface area contributed by atoms with Crippen LogP contribution in [-0.4, -0.2) is 13.1 Å². The Morgan fingerprint density at radius 3 is 2.75 bits per heavy atom. The van der Waals surface area contributed by atoms with Crippen molar-refractivity contribution in [2.45, 2.75) is 6.61 Å². The van der Waals surface area contributed by atoms with Crippen molar-refractivity contribution in [3.63, 3.8) is 0 Å². The van der Waals surface area contributed by atoms with Gasteiger partial charge in [-0.3, -0.25) is 0 Å². The first kappa shape index (κ1) is 13.9. The Labute approximate surface area is 115 Å². The number of nitrogens with two attached hydrogens (primary N) is 1. The maximum absolute atomic E-state index is 13.1. The van der Waals surface area contributed by atoms with E-state index in [4.69, 9.17) is 15.2 Å². The Kier molecular flexibility index (Phi) is 4.20. The van der Waals surface area contributed by atoms with Gasteiger partial charge in [0.15, 0.2) is 0 Å². The van der Waals surface area contributed by atoms with Crippen LogP contribution >= 0.6 is 0 Å². The molecular formula is C15H14FNO3. The van der Waals surface area contributed by atoms with Gasteiger partial charge in [-0.15, -0.1) is 0 Å². The molecule has 4 nitrogen and oxygen atoms in total. The summed E-state index contributed by atoms with van der Waals surface area (Å²) in [5.41, 5.74) is 6.53. The third kappa shape index (κ3) is 3.47. The minimum atomic E-state index is -0.626.